The van der Waals surface area contributed by atoms with Crippen molar-refractivity contribution in [2.75, 3.05) is 12.8 Å². The van der Waals surface area contributed by atoms with E-state index in [1.807, 2.05) is 0 Å². The van der Waals surface area contributed by atoms with Gasteiger partial charge in [-0.3, -0.25) is 0 Å². The Bertz CT molecular complexity index is 671. The topological polar surface area (TPSA) is 61.5 Å². The van der Waals surface area contributed by atoms with Crippen molar-refractivity contribution in [1.82, 2.24) is 0 Å². The third kappa shape index (κ3) is 3.51. The van der Waals surface area contributed by atoms with Crippen LogP contribution in [0, 0.1) is 12.7 Å². The van der Waals surface area contributed by atoms with Crippen molar-refractivity contribution in [1.29, 1.82) is 0 Å². The first-order valence-corrected chi connectivity index (χ1v) is 6.37. The van der Waals surface area contributed by atoms with Crippen molar-refractivity contribution in [3.8, 4) is 5.75 Å². The summed E-state index contributed by atoms with van der Waals surface area (Å²) in [6, 6.07) is 9.36. The van der Waals surface area contributed by atoms with Crippen LogP contribution >= 0.6 is 0 Å². The highest BCUT2D eigenvalue weighted by atomic mass is 19.1. The zero-order valence-corrected chi connectivity index (χ0v) is 11.9. The van der Waals surface area contributed by atoms with Crippen molar-refractivity contribution in [2.45, 2.75) is 13.5 Å². The number of methoxy groups -OCH3 is 1. The van der Waals surface area contributed by atoms with Gasteiger partial charge in [0.25, 0.3) is 0 Å². The average Bonchev–Trinajstić information content (AvgIpc) is 2.45. The number of hydrogen-bond acceptors (Lipinski definition) is 4. The van der Waals surface area contributed by atoms with Gasteiger partial charge in [-0.2, -0.15) is 0 Å². The lowest BCUT2D eigenvalue weighted by Crippen LogP contribution is -2.07. The molecule has 5 heteroatoms. The maximum absolute atomic E-state index is 13.5. The quantitative estimate of drug-likeness (QED) is 0.694. The summed E-state index contributed by atoms with van der Waals surface area (Å²) < 4.78 is 23.5. The van der Waals surface area contributed by atoms with Gasteiger partial charge in [-0.15, -0.1) is 0 Å². The Kier molecular flexibility index (Phi) is 4.42. The molecule has 2 aromatic carbocycles. The lowest BCUT2D eigenvalue weighted by atomic mass is 10.1. The number of benzene rings is 2. The fourth-order valence-corrected chi connectivity index (χ4v) is 1.94. The Morgan fingerprint density at radius 3 is 2.62 bits per heavy atom. The number of nitrogens with two attached hydrogens (primary N) is 1. The number of anilines is 1. The van der Waals surface area contributed by atoms with E-state index in [1.54, 1.807) is 31.2 Å². The average molecular weight is 289 g/mol. The van der Waals surface area contributed by atoms with Gasteiger partial charge in [0.2, 0.25) is 0 Å². The van der Waals surface area contributed by atoms with Crippen LogP contribution in [0.25, 0.3) is 0 Å². The second kappa shape index (κ2) is 6.26. The molecule has 0 bridgehead atoms. The fraction of sp³-hybridized carbons (Fsp3) is 0.188. The summed E-state index contributed by atoms with van der Waals surface area (Å²) in [5, 5.41) is 0. The van der Waals surface area contributed by atoms with Crippen LogP contribution in [0.4, 0.5) is 10.1 Å². The number of carbonyl (C=O) groups excluding carboxylic acids is 1. The molecule has 0 fully saturated rings. The third-order valence-electron chi connectivity index (χ3n) is 3.06. The SMILES string of the molecule is COc1ccc(COC(=O)c2ccc(N)cc2C)cc1F. The highest BCUT2D eigenvalue weighted by Gasteiger charge is 2.11. The zero-order valence-electron chi connectivity index (χ0n) is 11.9. The largest absolute Gasteiger partial charge is 0.494 e. The number of halogens is 1. The highest BCUT2D eigenvalue weighted by molar-refractivity contribution is 5.91. The smallest absolute Gasteiger partial charge is 0.338 e. The molecule has 0 unspecified atom stereocenters. The third-order valence-corrected chi connectivity index (χ3v) is 3.06. The second-order valence-electron chi connectivity index (χ2n) is 4.62. The molecule has 2 aromatic rings. The Labute approximate surface area is 122 Å². The van der Waals surface area contributed by atoms with Gasteiger partial charge in [0.1, 0.15) is 6.61 Å². The normalized spacial score (nSPS) is 10.2. The molecule has 0 saturated heterocycles. The standard InChI is InChI=1S/C16H16FNO3/c1-10-7-12(18)4-5-13(10)16(19)21-9-11-3-6-15(20-2)14(17)8-11/h3-8H,9,18H2,1-2H3. The van der Waals surface area contributed by atoms with Crippen molar-refractivity contribution in [3.63, 3.8) is 0 Å². The molecule has 0 aliphatic carbocycles. The predicted molar refractivity (Wildman–Crippen MR) is 77.7 cm³/mol. The van der Waals surface area contributed by atoms with E-state index >= 15 is 0 Å². The van der Waals surface area contributed by atoms with Gasteiger partial charge in [-0.1, -0.05) is 6.07 Å². The molecule has 2 rings (SSSR count). The van der Waals surface area contributed by atoms with Crippen LogP contribution in [0.15, 0.2) is 36.4 Å². The monoisotopic (exact) mass is 289 g/mol. The molecule has 0 radical (unpaired) electrons. The molecular weight excluding hydrogens is 273 g/mol. The Balaban J connectivity index is 2.05. The molecule has 0 saturated carbocycles. The minimum Gasteiger partial charge on any atom is -0.494 e. The first kappa shape index (κ1) is 14.8. The van der Waals surface area contributed by atoms with Crippen LogP contribution in [-0.2, 0) is 11.3 Å². The van der Waals surface area contributed by atoms with Gasteiger partial charge in [-0.05, 0) is 48.4 Å². The van der Waals surface area contributed by atoms with Crippen molar-refractivity contribution in [2.24, 2.45) is 0 Å². The van der Waals surface area contributed by atoms with E-state index in [2.05, 4.69) is 0 Å². The Morgan fingerprint density at radius 2 is 2.00 bits per heavy atom. The maximum atomic E-state index is 13.5. The summed E-state index contributed by atoms with van der Waals surface area (Å²) in [7, 11) is 1.39. The van der Waals surface area contributed by atoms with Crippen LogP contribution in [0.1, 0.15) is 21.5 Å². The van der Waals surface area contributed by atoms with E-state index in [1.165, 1.54) is 19.2 Å². The maximum Gasteiger partial charge on any atom is 0.338 e. The molecule has 0 aromatic heterocycles. The summed E-state index contributed by atoms with van der Waals surface area (Å²) in [6.07, 6.45) is 0. The van der Waals surface area contributed by atoms with Crippen LogP contribution in [-0.4, -0.2) is 13.1 Å². The van der Waals surface area contributed by atoms with Gasteiger partial charge < -0.3 is 15.2 Å². The molecule has 21 heavy (non-hydrogen) atoms. The Morgan fingerprint density at radius 1 is 1.24 bits per heavy atom. The lowest BCUT2D eigenvalue weighted by Gasteiger charge is -2.09. The number of rotatable bonds is 4. The number of ether oxygens (including phenoxy) is 2. The van der Waals surface area contributed by atoms with Crippen molar-refractivity contribution in [3.05, 3.63) is 58.9 Å². The van der Waals surface area contributed by atoms with Crippen LogP contribution in [0.3, 0.4) is 0 Å². The fourth-order valence-electron chi connectivity index (χ4n) is 1.94. The molecule has 0 heterocycles. The molecule has 2 N–H and O–H groups in total. The van der Waals surface area contributed by atoms with Crippen LogP contribution in [0.5, 0.6) is 5.75 Å². The number of hydrogen-bond donors (Lipinski definition) is 1. The summed E-state index contributed by atoms with van der Waals surface area (Å²) in [5.41, 5.74) is 7.95. The number of aryl methyl sites for hydroxylation is 1. The molecular formula is C16H16FNO3. The lowest BCUT2D eigenvalue weighted by molar-refractivity contribution is 0.0471. The minimum atomic E-state index is -0.491. The van der Waals surface area contributed by atoms with Crippen molar-refractivity contribution >= 4 is 11.7 Å². The van der Waals surface area contributed by atoms with E-state index in [-0.39, 0.29) is 12.4 Å². The predicted octanol–water partition coefficient (Wildman–Crippen LogP) is 3.08. The molecule has 0 aliphatic heterocycles. The van der Waals surface area contributed by atoms with Crippen LogP contribution in [0.2, 0.25) is 0 Å². The Hall–Kier alpha value is -2.56. The molecule has 0 spiro atoms. The summed E-state index contributed by atoms with van der Waals surface area (Å²) in [6.45, 7) is 1.77. The first-order chi connectivity index (χ1) is 10.0. The minimum absolute atomic E-state index is 0.0104. The van der Waals surface area contributed by atoms with E-state index in [4.69, 9.17) is 15.2 Å². The van der Waals surface area contributed by atoms with Gasteiger partial charge in [-0.25, -0.2) is 9.18 Å². The van der Waals surface area contributed by atoms with E-state index in [0.717, 1.165) is 5.56 Å². The summed E-state index contributed by atoms with van der Waals surface area (Å²) in [4.78, 5) is 12.0. The molecule has 4 nitrogen and oxygen atoms in total. The molecule has 0 atom stereocenters. The number of nitrogen functional groups attached to an aromatic ring is 1. The number of esters is 1. The van der Waals surface area contributed by atoms with Crippen molar-refractivity contribution < 1.29 is 18.7 Å². The van der Waals surface area contributed by atoms with E-state index < -0.39 is 11.8 Å². The van der Waals surface area contributed by atoms with E-state index in [9.17, 15) is 9.18 Å². The van der Waals surface area contributed by atoms with Gasteiger partial charge >= 0.3 is 5.97 Å². The molecule has 0 aliphatic rings. The second-order valence-corrected chi connectivity index (χ2v) is 4.62. The summed E-state index contributed by atoms with van der Waals surface area (Å²) in [5.74, 6) is -0.808. The molecule has 0 amide bonds. The number of carbonyl (C=O) groups is 1. The summed E-state index contributed by atoms with van der Waals surface area (Å²) >= 11 is 0. The first-order valence-electron chi connectivity index (χ1n) is 6.37. The zero-order chi connectivity index (χ0) is 15.4. The van der Waals surface area contributed by atoms with E-state index in [0.29, 0.717) is 16.8 Å². The van der Waals surface area contributed by atoms with Gasteiger partial charge in [0.05, 0.1) is 12.7 Å². The highest BCUT2D eigenvalue weighted by Crippen LogP contribution is 2.19. The van der Waals surface area contributed by atoms with Gasteiger partial charge in [0, 0.05) is 5.69 Å². The van der Waals surface area contributed by atoms with Crippen LogP contribution < -0.4 is 10.5 Å². The van der Waals surface area contributed by atoms with Gasteiger partial charge in [0.15, 0.2) is 11.6 Å². The molecule has 110 valence electrons.